The molecule has 0 bridgehead atoms. The van der Waals surface area contributed by atoms with Gasteiger partial charge in [0, 0.05) is 13.2 Å². The van der Waals surface area contributed by atoms with Crippen molar-refractivity contribution in [3.05, 3.63) is 0 Å². The summed E-state index contributed by atoms with van der Waals surface area (Å²) in [5, 5.41) is 0. The molecule has 0 heterocycles. The van der Waals surface area contributed by atoms with E-state index in [1.165, 1.54) is 0 Å². The van der Waals surface area contributed by atoms with Gasteiger partial charge in [0.1, 0.15) is 0 Å². The van der Waals surface area contributed by atoms with Crippen LogP contribution in [0.25, 0.3) is 0 Å². The Hall–Kier alpha value is 0.137. The fourth-order valence-corrected chi connectivity index (χ4v) is 1.58. The van der Waals surface area contributed by atoms with Gasteiger partial charge in [0.25, 0.3) is 0 Å². The lowest BCUT2D eigenvalue weighted by atomic mass is 9.93. The lowest BCUT2D eigenvalue weighted by Gasteiger charge is -2.19. The zero-order valence-electron chi connectivity index (χ0n) is 11.4. The molecule has 0 amide bonds. The average Bonchev–Trinajstić information content (AvgIpc) is 1.98. The highest BCUT2D eigenvalue weighted by atomic mass is 28.3. The first-order chi connectivity index (χ1) is 6.71. The highest BCUT2D eigenvalue weighted by Crippen LogP contribution is 2.18. The fourth-order valence-electron chi connectivity index (χ4n) is 0.933. The highest BCUT2D eigenvalue weighted by molar-refractivity contribution is 6.17. The van der Waals surface area contributed by atoms with Crippen LogP contribution < -0.4 is 0 Å². The van der Waals surface area contributed by atoms with Gasteiger partial charge in [-0.3, -0.25) is 0 Å². The lowest BCUT2D eigenvalue weighted by Crippen LogP contribution is -2.15. The highest BCUT2D eigenvalue weighted by Gasteiger charge is 2.10. The summed E-state index contributed by atoms with van der Waals surface area (Å²) >= 11 is 0. The molecule has 0 rings (SSSR count). The predicted molar refractivity (Wildman–Crippen MR) is 68.6 cm³/mol. The molecular weight excluding hydrogens is 204 g/mol. The van der Waals surface area contributed by atoms with Crippen LogP contribution in [0.1, 0.15) is 54.4 Å². The van der Waals surface area contributed by atoms with Crippen LogP contribution in [-0.2, 0) is 8.85 Å². The maximum absolute atomic E-state index is 5.54. The van der Waals surface area contributed by atoms with Gasteiger partial charge in [0.2, 0.25) is 0 Å². The molecule has 0 aliphatic carbocycles. The standard InChI is InChI=1S/C12H28O2Si/c1-11(2,3)7-9-13-15-14-10-8-12(4,5)6/h7-10,15H2,1-6H3. The molecule has 0 fully saturated rings. The van der Waals surface area contributed by atoms with Crippen molar-refractivity contribution in [1.82, 2.24) is 0 Å². The van der Waals surface area contributed by atoms with Gasteiger partial charge in [0.15, 0.2) is 0 Å². The molecule has 2 nitrogen and oxygen atoms in total. The van der Waals surface area contributed by atoms with E-state index in [0.717, 1.165) is 26.1 Å². The average molecular weight is 232 g/mol. The molecule has 0 saturated heterocycles. The summed E-state index contributed by atoms with van der Waals surface area (Å²) in [7, 11) is -0.727. The quantitative estimate of drug-likeness (QED) is 0.518. The van der Waals surface area contributed by atoms with Crippen molar-refractivity contribution in [3.63, 3.8) is 0 Å². The molecule has 0 unspecified atom stereocenters. The Morgan fingerprint density at radius 3 is 1.33 bits per heavy atom. The van der Waals surface area contributed by atoms with Crippen molar-refractivity contribution in [1.29, 1.82) is 0 Å². The van der Waals surface area contributed by atoms with E-state index < -0.39 is 10.0 Å². The first kappa shape index (κ1) is 15.1. The second-order valence-electron chi connectivity index (χ2n) is 6.56. The second-order valence-corrected chi connectivity index (χ2v) is 7.61. The van der Waals surface area contributed by atoms with E-state index in [0.29, 0.717) is 10.8 Å². The third kappa shape index (κ3) is 14.1. The Kier molecular flexibility index (Phi) is 6.72. The van der Waals surface area contributed by atoms with Gasteiger partial charge < -0.3 is 8.85 Å². The minimum Gasteiger partial charge on any atom is -0.399 e. The van der Waals surface area contributed by atoms with Crippen LogP contribution in [0.15, 0.2) is 0 Å². The summed E-state index contributed by atoms with van der Waals surface area (Å²) in [5.41, 5.74) is 0.750. The maximum atomic E-state index is 5.54. The molecule has 15 heavy (non-hydrogen) atoms. The van der Waals surface area contributed by atoms with E-state index in [9.17, 15) is 0 Å². The van der Waals surface area contributed by atoms with E-state index in [1.54, 1.807) is 0 Å². The van der Waals surface area contributed by atoms with Crippen LogP contribution >= 0.6 is 0 Å². The van der Waals surface area contributed by atoms with Gasteiger partial charge in [-0.05, 0) is 23.7 Å². The Morgan fingerprint density at radius 2 is 1.07 bits per heavy atom. The molecule has 0 aromatic carbocycles. The van der Waals surface area contributed by atoms with E-state index in [-0.39, 0.29) is 0 Å². The molecule has 0 aliphatic rings. The summed E-state index contributed by atoms with van der Waals surface area (Å²) < 4.78 is 11.1. The van der Waals surface area contributed by atoms with Crippen molar-refractivity contribution in [3.8, 4) is 0 Å². The summed E-state index contributed by atoms with van der Waals surface area (Å²) in [6, 6.07) is 0. The van der Waals surface area contributed by atoms with E-state index in [2.05, 4.69) is 41.5 Å². The van der Waals surface area contributed by atoms with Crippen LogP contribution in [0, 0.1) is 10.8 Å². The molecule has 0 aromatic heterocycles. The molecule has 92 valence electrons. The minimum absolute atomic E-state index is 0.375. The zero-order valence-corrected chi connectivity index (χ0v) is 12.8. The minimum atomic E-state index is -0.727. The molecule has 0 N–H and O–H groups in total. The van der Waals surface area contributed by atoms with Gasteiger partial charge in [-0.2, -0.15) is 0 Å². The Labute approximate surface area is 97.8 Å². The Bertz CT molecular complexity index is 138. The third-order valence-electron chi connectivity index (χ3n) is 2.16. The molecule has 0 aliphatic heterocycles. The molecule has 0 spiro atoms. The van der Waals surface area contributed by atoms with Crippen molar-refractivity contribution >= 4 is 10.0 Å². The SMILES string of the molecule is CC(C)(C)CCO[SiH2]OCCC(C)(C)C. The normalized spacial score (nSPS) is 13.2. The van der Waals surface area contributed by atoms with Crippen molar-refractivity contribution in [2.75, 3.05) is 13.2 Å². The Balaban J connectivity index is 3.20. The van der Waals surface area contributed by atoms with Crippen molar-refractivity contribution < 1.29 is 8.85 Å². The number of rotatable bonds is 6. The molecule has 0 aromatic rings. The summed E-state index contributed by atoms with van der Waals surface area (Å²) in [6.45, 7) is 15.1. The monoisotopic (exact) mass is 232 g/mol. The first-order valence-electron chi connectivity index (χ1n) is 5.86. The molecule has 0 radical (unpaired) electrons. The molecule has 0 saturated carbocycles. The van der Waals surface area contributed by atoms with Crippen molar-refractivity contribution in [2.24, 2.45) is 10.8 Å². The van der Waals surface area contributed by atoms with Gasteiger partial charge >= 0.3 is 10.0 Å². The first-order valence-corrected chi connectivity index (χ1v) is 7.02. The molecular formula is C12H28O2Si. The van der Waals surface area contributed by atoms with Crippen molar-refractivity contribution in [2.45, 2.75) is 54.4 Å². The topological polar surface area (TPSA) is 18.5 Å². The number of hydrogen-bond acceptors (Lipinski definition) is 2. The van der Waals surface area contributed by atoms with Crippen LogP contribution in [-0.4, -0.2) is 23.2 Å². The van der Waals surface area contributed by atoms with Crippen LogP contribution in [0.4, 0.5) is 0 Å². The maximum Gasteiger partial charge on any atom is 0.304 e. The van der Waals surface area contributed by atoms with Crippen LogP contribution in [0.2, 0.25) is 0 Å². The lowest BCUT2D eigenvalue weighted by molar-refractivity contribution is 0.175. The summed E-state index contributed by atoms with van der Waals surface area (Å²) in [6.07, 6.45) is 2.23. The van der Waals surface area contributed by atoms with Crippen LogP contribution in [0.5, 0.6) is 0 Å². The van der Waals surface area contributed by atoms with Crippen LogP contribution in [0.3, 0.4) is 0 Å². The zero-order chi connectivity index (χ0) is 11.9. The number of hydrogen-bond donors (Lipinski definition) is 0. The van der Waals surface area contributed by atoms with E-state index in [4.69, 9.17) is 8.85 Å². The smallest absolute Gasteiger partial charge is 0.304 e. The third-order valence-corrected chi connectivity index (χ3v) is 3.07. The van der Waals surface area contributed by atoms with E-state index in [1.807, 2.05) is 0 Å². The summed E-state index contributed by atoms with van der Waals surface area (Å²) in [5.74, 6) is 0. The summed E-state index contributed by atoms with van der Waals surface area (Å²) in [4.78, 5) is 0. The van der Waals surface area contributed by atoms with Gasteiger partial charge in [0.05, 0.1) is 0 Å². The van der Waals surface area contributed by atoms with Gasteiger partial charge in [-0.1, -0.05) is 41.5 Å². The Morgan fingerprint density at radius 1 is 0.733 bits per heavy atom. The second kappa shape index (κ2) is 6.66. The molecule has 3 heteroatoms. The largest absolute Gasteiger partial charge is 0.399 e. The van der Waals surface area contributed by atoms with Gasteiger partial charge in [-0.25, -0.2) is 0 Å². The fraction of sp³-hybridized carbons (Fsp3) is 1.00. The van der Waals surface area contributed by atoms with E-state index >= 15 is 0 Å². The predicted octanol–water partition coefficient (Wildman–Crippen LogP) is 2.89. The van der Waals surface area contributed by atoms with Gasteiger partial charge in [-0.15, -0.1) is 0 Å². The molecule has 0 atom stereocenters.